The summed E-state index contributed by atoms with van der Waals surface area (Å²) >= 11 is 0. The lowest BCUT2D eigenvalue weighted by atomic mass is 9.93. The molecule has 0 aliphatic heterocycles. The average Bonchev–Trinajstić information content (AvgIpc) is 2.67. The van der Waals surface area contributed by atoms with Gasteiger partial charge in [0.05, 0.1) is 27.9 Å². The number of aromatic nitrogens is 1. The molecule has 0 radical (unpaired) electrons. The largest absolute Gasteiger partial charge is 0.507 e. The Labute approximate surface area is 174 Å². The summed E-state index contributed by atoms with van der Waals surface area (Å²) in [6.07, 6.45) is 1.16. The van der Waals surface area contributed by atoms with E-state index in [0.29, 0.717) is 28.6 Å². The molecule has 158 valence electrons. The predicted octanol–water partition coefficient (Wildman–Crippen LogP) is 3.80. The lowest BCUT2D eigenvalue weighted by Gasteiger charge is -2.21. The van der Waals surface area contributed by atoms with E-state index >= 15 is 0 Å². The van der Waals surface area contributed by atoms with Crippen molar-refractivity contribution in [1.29, 1.82) is 0 Å². The minimum absolute atomic E-state index is 0.0504. The topological polar surface area (TPSA) is 103 Å². The van der Waals surface area contributed by atoms with Gasteiger partial charge >= 0.3 is 0 Å². The first-order valence-corrected chi connectivity index (χ1v) is 9.73. The number of hydrogen-bond acceptors (Lipinski definition) is 5. The Balaban J connectivity index is 2.55. The fraction of sp³-hybridized carbons (Fsp3) is 0.292. The third kappa shape index (κ3) is 3.44. The molecule has 1 aromatic heterocycles. The number of aromatic hydroxyl groups is 3. The van der Waals surface area contributed by atoms with Crippen LogP contribution in [0.1, 0.15) is 31.9 Å². The van der Waals surface area contributed by atoms with Gasteiger partial charge in [-0.2, -0.15) is 0 Å². The third-order valence-corrected chi connectivity index (χ3v) is 5.45. The number of phenolic OH excluding ortho intramolecular Hbond substituents is 3. The van der Waals surface area contributed by atoms with Crippen molar-refractivity contribution >= 4 is 21.8 Å². The second-order valence-electron chi connectivity index (χ2n) is 7.99. The maximum absolute atomic E-state index is 13.3. The van der Waals surface area contributed by atoms with Gasteiger partial charge in [0.25, 0.3) is 0 Å². The smallest absolute Gasteiger partial charge is 0.201 e. The van der Waals surface area contributed by atoms with Crippen molar-refractivity contribution in [3.05, 3.63) is 63.4 Å². The lowest BCUT2D eigenvalue weighted by Crippen LogP contribution is -2.15. The van der Waals surface area contributed by atoms with Crippen molar-refractivity contribution in [3.63, 3.8) is 0 Å². The Morgan fingerprint density at radius 3 is 2.37 bits per heavy atom. The van der Waals surface area contributed by atoms with Crippen molar-refractivity contribution in [2.24, 2.45) is 7.05 Å². The minimum Gasteiger partial charge on any atom is -0.507 e. The molecule has 4 N–H and O–H groups in total. The van der Waals surface area contributed by atoms with Crippen LogP contribution in [0, 0.1) is 0 Å². The second kappa shape index (κ2) is 7.88. The maximum Gasteiger partial charge on any atom is 0.201 e. The molecule has 0 fully saturated rings. The predicted molar refractivity (Wildman–Crippen MR) is 119 cm³/mol. The van der Waals surface area contributed by atoms with Gasteiger partial charge in [-0.3, -0.25) is 4.79 Å². The number of rotatable bonds is 5. The first-order chi connectivity index (χ1) is 14.1. The molecule has 0 spiro atoms. The monoisotopic (exact) mass is 409 g/mol. The van der Waals surface area contributed by atoms with Crippen LogP contribution < -0.4 is 5.43 Å². The Morgan fingerprint density at radius 2 is 1.77 bits per heavy atom. The van der Waals surface area contributed by atoms with Gasteiger partial charge in [-0.05, 0) is 39.3 Å². The summed E-state index contributed by atoms with van der Waals surface area (Å²) < 4.78 is 1.62. The van der Waals surface area contributed by atoms with Gasteiger partial charge in [0.2, 0.25) is 5.43 Å². The number of hydrogen-bond donors (Lipinski definition) is 4. The summed E-state index contributed by atoms with van der Waals surface area (Å²) in [6.45, 7) is 9.22. The van der Waals surface area contributed by atoms with Crippen LogP contribution in [0.25, 0.3) is 21.8 Å². The summed E-state index contributed by atoms with van der Waals surface area (Å²) in [5, 5.41) is 43.0. The molecule has 3 rings (SSSR count). The first kappa shape index (κ1) is 21.5. The van der Waals surface area contributed by atoms with Gasteiger partial charge in [-0.25, -0.2) is 0 Å². The highest BCUT2D eigenvalue weighted by Gasteiger charge is 2.25. The van der Waals surface area contributed by atoms with Crippen LogP contribution in [0.5, 0.6) is 17.2 Å². The molecule has 0 saturated carbocycles. The van der Waals surface area contributed by atoms with E-state index < -0.39 is 11.5 Å². The van der Waals surface area contributed by atoms with Crippen molar-refractivity contribution < 1.29 is 20.4 Å². The number of aryl methyl sites for hydroxylation is 1. The lowest BCUT2D eigenvalue weighted by molar-refractivity contribution is 0.209. The molecular weight excluding hydrogens is 382 g/mol. The standard InChI is InChI=1S/C24H27NO5/c1-12(2)9-10-15-21-19(24(30)16(22(15)28)11-18(27)13(3)4)23(29)14-7-6-8-17(26)20(14)25(21)5/h6-9,18,26-28,30H,3,10-11H2,1-2,4-5H3. The summed E-state index contributed by atoms with van der Waals surface area (Å²) in [4.78, 5) is 13.3. The molecule has 1 unspecified atom stereocenters. The minimum atomic E-state index is -0.982. The van der Waals surface area contributed by atoms with Crippen molar-refractivity contribution in [1.82, 2.24) is 4.57 Å². The van der Waals surface area contributed by atoms with Gasteiger partial charge in [0.1, 0.15) is 17.2 Å². The van der Waals surface area contributed by atoms with Crippen LogP contribution in [0.3, 0.4) is 0 Å². The number of phenols is 3. The molecule has 30 heavy (non-hydrogen) atoms. The number of para-hydroxylation sites is 1. The SMILES string of the molecule is C=C(C)C(O)Cc1c(O)c(CC=C(C)C)c2c(c1O)c(=O)c1cccc(O)c1n2C. The van der Waals surface area contributed by atoms with E-state index in [1.807, 2.05) is 19.9 Å². The highest BCUT2D eigenvalue weighted by Crippen LogP contribution is 2.41. The van der Waals surface area contributed by atoms with Crippen LogP contribution in [0.4, 0.5) is 0 Å². The number of fused-ring (bicyclic) bond motifs is 2. The Kier molecular flexibility index (Phi) is 5.63. The van der Waals surface area contributed by atoms with Crippen LogP contribution in [0.2, 0.25) is 0 Å². The van der Waals surface area contributed by atoms with Crippen molar-refractivity contribution in [2.75, 3.05) is 0 Å². The first-order valence-electron chi connectivity index (χ1n) is 9.73. The van der Waals surface area contributed by atoms with E-state index in [-0.39, 0.29) is 40.0 Å². The highest BCUT2D eigenvalue weighted by atomic mass is 16.3. The number of aliphatic hydroxyl groups is 1. The van der Waals surface area contributed by atoms with E-state index in [0.717, 1.165) is 5.57 Å². The number of allylic oxidation sites excluding steroid dienone is 2. The van der Waals surface area contributed by atoms with Crippen molar-refractivity contribution in [2.45, 2.75) is 39.7 Å². The average molecular weight is 409 g/mol. The Hall–Kier alpha value is -3.25. The summed E-state index contributed by atoms with van der Waals surface area (Å²) in [5.74, 6) is -0.611. The molecule has 0 saturated heterocycles. The molecule has 6 nitrogen and oxygen atoms in total. The van der Waals surface area contributed by atoms with Crippen LogP contribution in [-0.2, 0) is 19.9 Å². The molecule has 0 amide bonds. The second-order valence-corrected chi connectivity index (χ2v) is 7.99. The summed E-state index contributed by atoms with van der Waals surface area (Å²) in [6, 6.07) is 4.64. The number of pyridine rings is 1. The highest BCUT2D eigenvalue weighted by molar-refractivity contribution is 6.01. The van der Waals surface area contributed by atoms with E-state index in [9.17, 15) is 25.2 Å². The molecule has 0 aliphatic carbocycles. The third-order valence-electron chi connectivity index (χ3n) is 5.45. The van der Waals surface area contributed by atoms with E-state index in [1.165, 1.54) is 6.07 Å². The van der Waals surface area contributed by atoms with E-state index in [1.54, 1.807) is 30.7 Å². The fourth-order valence-corrected chi connectivity index (χ4v) is 3.78. The van der Waals surface area contributed by atoms with Gasteiger partial charge < -0.3 is 25.0 Å². The zero-order valence-corrected chi connectivity index (χ0v) is 17.7. The maximum atomic E-state index is 13.3. The molecule has 0 bridgehead atoms. The Bertz CT molecular complexity index is 1260. The van der Waals surface area contributed by atoms with Gasteiger partial charge in [-0.15, -0.1) is 0 Å². The Morgan fingerprint density at radius 1 is 1.10 bits per heavy atom. The normalized spacial score (nSPS) is 12.3. The molecule has 6 heteroatoms. The molecule has 2 aromatic carbocycles. The van der Waals surface area contributed by atoms with Crippen LogP contribution >= 0.6 is 0 Å². The summed E-state index contributed by atoms with van der Waals surface area (Å²) in [7, 11) is 1.68. The van der Waals surface area contributed by atoms with Gasteiger partial charge in [0.15, 0.2) is 0 Å². The molecular formula is C24H27NO5. The molecule has 1 atom stereocenters. The number of nitrogens with zero attached hydrogens (tertiary/aromatic N) is 1. The van der Waals surface area contributed by atoms with Gasteiger partial charge in [-0.1, -0.05) is 29.9 Å². The van der Waals surface area contributed by atoms with Crippen LogP contribution in [-0.4, -0.2) is 31.1 Å². The fourth-order valence-electron chi connectivity index (χ4n) is 3.78. The quantitative estimate of drug-likeness (QED) is 0.379. The molecule has 1 heterocycles. The number of benzene rings is 2. The van der Waals surface area contributed by atoms with Crippen molar-refractivity contribution in [3.8, 4) is 17.2 Å². The van der Waals surface area contributed by atoms with Gasteiger partial charge in [0, 0.05) is 24.6 Å². The zero-order chi connectivity index (χ0) is 22.3. The number of aliphatic hydroxyl groups excluding tert-OH is 1. The zero-order valence-electron chi connectivity index (χ0n) is 17.7. The van der Waals surface area contributed by atoms with E-state index in [4.69, 9.17) is 0 Å². The molecule has 0 aliphatic rings. The molecule has 3 aromatic rings. The van der Waals surface area contributed by atoms with Crippen LogP contribution in [0.15, 0.2) is 46.8 Å². The summed E-state index contributed by atoms with van der Waals surface area (Å²) in [5.41, 5.74) is 2.27. The van der Waals surface area contributed by atoms with E-state index in [2.05, 4.69) is 6.58 Å².